The molecule has 0 unspecified atom stereocenters. The van der Waals surface area contributed by atoms with Gasteiger partial charge in [0.2, 0.25) is 5.91 Å². The molecule has 0 saturated carbocycles. The zero-order valence-electron chi connectivity index (χ0n) is 9.68. The van der Waals surface area contributed by atoms with Crippen LogP contribution < -0.4 is 22.5 Å². The Morgan fingerprint density at radius 1 is 1.39 bits per heavy atom. The first-order chi connectivity index (χ1) is 8.50. The standard InChI is InChI=1S/C10H15N5O3/c11-6-3-7(9(13)17)10(15-4-6)14-1-2-18-5-8(12)16/h3-4H,1-2,5,11H2,(H2,12,16)(H2,13,17)(H,14,15). The highest BCUT2D eigenvalue weighted by Gasteiger charge is 2.09. The van der Waals surface area contributed by atoms with E-state index in [1.165, 1.54) is 12.3 Å². The van der Waals surface area contributed by atoms with Gasteiger partial charge in [0.15, 0.2) is 0 Å². The van der Waals surface area contributed by atoms with Crippen LogP contribution in [0.4, 0.5) is 11.5 Å². The predicted molar refractivity (Wildman–Crippen MR) is 65.7 cm³/mol. The maximum absolute atomic E-state index is 11.1. The summed E-state index contributed by atoms with van der Waals surface area (Å²) in [5, 5.41) is 2.85. The van der Waals surface area contributed by atoms with E-state index in [0.717, 1.165) is 0 Å². The third-order valence-corrected chi connectivity index (χ3v) is 1.96. The molecule has 0 radical (unpaired) electrons. The summed E-state index contributed by atoms with van der Waals surface area (Å²) in [6.45, 7) is 0.442. The van der Waals surface area contributed by atoms with Crippen LogP contribution in [0.2, 0.25) is 0 Å². The molecule has 7 N–H and O–H groups in total. The average molecular weight is 253 g/mol. The van der Waals surface area contributed by atoms with Crippen LogP contribution in [0.15, 0.2) is 12.3 Å². The van der Waals surface area contributed by atoms with Crippen molar-refractivity contribution in [1.29, 1.82) is 0 Å². The number of rotatable bonds is 7. The van der Waals surface area contributed by atoms with Crippen molar-refractivity contribution in [3.05, 3.63) is 17.8 Å². The van der Waals surface area contributed by atoms with E-state index in [1.54, 1.807) is 0 Å². The minimum Gasteiger partial charge on any atom is -0.397 e. The molecule has 1 heterocycles. The first-order valence-corrected chi connectivity index (χ1v) is 5.16. The molecule has 0 aliphatic carbocycles. The molecule has 0 spiro atoms. The van der Waals surface area contributed by atoms with E-state index < -0.39 is 11.8 Å². The fourth-order valence-electron chi connectivity index (χ4n) is 1.22. The Hall–Kier alpha value is -2.35. The molecule has 98 valence electrons. The molecule has 1 rings (SSSR count). The molecule has 1 aromatic heterocycles. The van der Waals surface area contributed by atoms with Crippen LogP contribution in [0.3, 0.4) is 0 Å². The lowest BCUT2D eigenvalue weighted by Crippen LogP contribution is -2.22. The topological polar surface area (TPSA) is 146 Å². The van der Waals surface area contributed by atoms with Crippen molar-refractivity contribution >= 4 is 23.3 Å². The van der Waals surface area contributed by atoms with Gasteiger partial charge in [0.1, 0.15) is 12.4 Å². The molecule has 0 aliphatic rings. The molecule has 0 bridgehead atoms. The first-order valence-electron chi connectivity index (χ1n) is 5.16. The highest BCUT2D eigenvalue weighted by molar-refractivity contribution is 5.98. The number of pyridine rings is 1. The van der Waals surface area contributed by atoms with Crippen molar-refractivity contribution < 1.29 is 14.3 Å². The third kappa shape index (κ3) is 4.26. The molecule has 8 heteroatoms. The maximum atomic E-state index is 11.1. The predicted octanol–water partition coefficient (Wildman–Crippen LogP) is -1.32. The van der Waals surface area contributed by atoms with Crippen LogP contribution in [0, 0.1) is 0 Å². The smallest absolute Gasteiger partial charge is 0.252 e. The summed E-state index contributed by atoms with van der Waals surface area (Å²) in [6, 6.07) is 1.43. The third-order valence-electron chi connectivity index (χ3n) is 1.96. The number of nitrogen functional groups attached to an aromatic ring is 1. The monoisotopic (exact) mass is 253 g/mol. The number of hydrogen-bond donors (Lipinski definition) is 4. The van der Waals surface area contributed by atoms with Gasteiger partial charge in [-0.05, 0) is 6.07 Å². The maximum Gasteiger partial charge on any atom is 0.252 e. The number of hydrogen-bond acceptors (Lipinski definition) is 6. The second-order valence-corrected chi connectivity index (χ2v) is 3.47. The van der Waals surface area contributed by atoms with Crippen molar-refractivity contribution in [3.8, 4) is 0 Å². The van der Waals surface area contributed by atoms with Crippen LogP contribution in [0.5, 0.6) is 0 Å². The fourth-order valence-corrected chi connectivity index (χ4v) is 1.22. The van der Waals surface area contributed by atoms with E-state index in [4.69, 9.17) is 21.9 Å². The Bertz CT molecular complexity index is 449. The second-order valence-electron chi connectivity index (χ2n) is 3.47. The number of anilines is 2. The van der Waals surface area contributed by atoms with E-state index in [-0.39, 0.29) is 18.8 Å². The zero-order valence-corrected chi connectivity index (χ0v) is 9.68. The number of primary amides is 2. The number of carbonyl (C=O) groups excluding carboxylic acids is 2. The largest absolute Gasteiger partial charge is 0.397 e. The molecular formula is C10H15N5O3. The lowest BCUT2D eigenvalue weighted by molar-refractivity contribution is -0.122. The summed E-state index contributed by atoms with van der Waals surface area (Å²) >= 11 is 0. The molecule has 0 aliphatic heterocycles. The molecular weight excluding hydrogens is 238 g/mol. The Labute approximate surface area is 103 Å². The summed E-state index contributed by atoms with van der Waals surface area (Å²) in [5.41, 5.74) is 16.1. The number of ether oxygens (including phenoxy) is 1. The molecule has 18 heavy (non-hydrogen) atoms. The van der Waals surface area contributed by atoms with Gasteiger partial charge in [0, 0.05) is 6.54 Å². The van der Waals surface area contributed by atoms with Gasteiger partial charge in [-0.1, -0.05) is 0 Å². The lowest BCUT2D eigenvalue weighted by atomic mass is 10.2. The van der Waals surface area contributed by atoms with Gasteiger partial charge in [0.25, 0.3) is 5.91 Å². The SMILES string of the molecule is NC(=O)COCCNc1ncc(N)cc1C(N)=O. The van der Waals surface area contributed by atoms with E-state index in [1.807, 2.05) is 0 Å². The Morgan fingerprint density at radius 3 is 2.72 bits per heavy atom. The summed E-state index contributed by atoms with van der Waals surface area (Å²) in [6.07, 6.45) is 1.40. The molecule has 1 aromatic rings. The van der Waals surface area contributed by atoms with E-state index in [2.05, 4.69) is 10.3 Å². The highest BCUT2D eigenvalue weighted by Crippen LogP contribution is 2.14. The zero-order chi connectivity index (χ0) is 13.5. The van der Waals surface area contributed by atoms with Gasteiger partial charge in [-0.15, -0.1) is 0 Å². The van der Waals surface area contributed by atoms with Crippen LogP contribution in [-0.4, -0.2) is 36.6 Å². The molecule has 0 aromatic carbocycles. The number of nitrogens with one attached hydrogen (secondary N) is 1. The fraction of sp³-hybridized carbons (Fsp3) is 0.300. The Morgan fingerprint density at radius 2 is 2.11 bits per heavy atom. The van der Waals surface area contributed by atoms with Crippen LogP contribution in [0.1, 0.15) is 10.4 Å². The van der Waals surface area contributed by atoms with Crippen molar-refractivity contribution in [3.63, 3.8) is 0 Å². The van der Waals surface area contributed by atoms with Crippen molar-refractivity contribution in [2.24, 2.45) is 11.5 Å². The van der Waals surface area contributed by atoms with E-state index >= 15 is 0 Å². The number of nitrogens with zero attached hydrogens (tertiary/aromatic N) is 1. The minimum atomic E-state index is -0.629. The van der Waals surface area contributed by atoms with Crippen molar-refractivity contribution in [2.75, 3.05) is 30.8 Å². The summed E-state index contributed by atoms with van der Waals surface area (Å²) in [5.74, 6) is -0.854. The average Bonchev–Trinajstić information content (AvgIpc) is 2.29. The quantitative estimate of drug-likeness (QED) is 0.443. The van der Waals surface area contributed by atoms with Crippen molar-refractivity contribution in [2.45, 2.75) is 0 Å². The molecule has 0 fully saturated rings. The Kier molecular flexibility index (Phi) is 4.88. The summed E-state index contributed by atoms with van der Waals surface area (Å²) in [4.78, 5) is 25.5. The summed E-state index contributed by atoms with van der Waals surface area (Å²) in [7, 11) is 0. The van der Waals surface area contributed by atoms with E-state index in [0.29, 0.717) is 18.1 Å². The van der Waals surface area contributed by atoms with Crippen molar-refractivity contribution in [1.82, 2.24) is 4.98 Å². The first kappa shape index (κ1) is 13.7. The number of aromatic nitrogens is 1. The molecule has 0 atom stereocenters. The van der Waals surface area contributed by atoms with Gasteiger partial charge in [-0.2, -0.15) is 0 Å². The number of amides is 2. The molecule has 8 nitrogen and oxygen atoms in total. The lowest BCUT2D eigenvalue weighted by Gasteiger charge is -2.09. The van der Waals surface area contributed by atoms with E-state index in [9.17, 15) is 9.59 Å². The molecule has 2 amide bonds. The number of nitrogens with two attached hydrogens (primary N) is 3. The van der Waals surface area contributed by atoms with Gasteiger partial charge in [-0.3, -0.25) is 9.59 Å². The van der Waals surface area contributed by atoms with Gasteiger partial charge in [-0.25, -0.2) is 4.98 Å². The minimum absolute atomic E-state index is 0.153. The van der Waals surface area contributed by atoms with Crippen LogP contribution in [-0.2, 0) is 9.53 Å². The number of carbonyl (C=O) groups is 2. The second kappa shape index (κ2) is 6.40. The van der Waals surface area contributed by atoms with Gasteiger partial charge < -0.3 is 27.3 Å². The van der Waals surface area contributed by atoms with Gasteiger partial charge in [0.05, 0.1) is 24.1 Å². The van der Waals surface area contributed by atoms with Crippen LogP contribution >= 0.6 is 0 Å². The summed E-state index contributed by atoms with van der Waals surface area (Å²) < 4.78 is 4.94. The normalized spacial score (nSPS) is 10.0. The highest BCUT2D eigenvalue weighted by atomic mass is 16.5. The van der Waals surface area contributed by atoms with Crippen LogP contribution in [0.25, 0.3) is 0 Å². The Balaban J connectivity index is 2.51. The van der Waals surface area contributed by atoms with Gasteiger partial charge >= 0.3 is 0 Å². The molecule has 0 saturated heterocycles.